The zero-order valence-corrected chi connectivity index (χ0v) is 18.1. The molecule has 32 heavy (non-hydrogen) atoms. The minimum absolute atomic E-state index is 0.0426. The standard InChI is InChI=1S/C25H27FN4O2/c1-2-13-29(25(32)27-21-10-4-3-5-11-21)18-23(31)30-16-15-28-14-7-12-22(28)24(30)19-8-6-9-20(26)17-19/h3-12,14,17,24H,2,13,15-16,18H2,1H3,(H,27,32). The molecule has 3 aromatic rings. The van der Waals surface area contributed by atoms with Crippen molar-refractivity contribution in [1.29, 1.82) is 0 Å². The van der Waals surface area contributed by atoms with Crippen molar-refractivity contribution >= 4 is 17.6 Å². The lowest BCUT2D eigenvalue weighted by molar-refractivity contribution is -0.134. The number of hydrogen-bond acceptors (Lipinski definition) is 2. The zero-order chi connectivity index (χ0) is 22.5. The van der Waals surface area contributed by atoms with Gasteiger partial charge in [0.05, 0.1) is 6.04 Å². The van der Waals surface area contributed by atoms with Crippen LogP contribution in [0.2, 0.25) is 0 Å². The van der Waals surface area contributed by atoms with Crippen molar-refractivity contribution < 1.29 is 14.0 Å². The van der Waals surface area contributed by atoms with Crippen LogP contribution in [0.25, 0.3) is 0 Å². The third-order valence-corrected chi connectivity index (χ3v) is 5.65. The summed E-state index contributed by atoms with van der Waals surface area (Å²) in [6, 6.07) is 18.7. The number of urea groups is 1. The molecule has 1 atom stereocenters. The van der Waals surface area contributed by atoms with E-state index in [1.165, 1.54) is 17.0 Å². The Kier molecular flexibility index (Phi) is 6.54. The maximum Gasteiger partial charge on any atom is 0.322 e. The van der Waals surface area contributed by atoms with Crippen LogP contribution in [0.5, 0.6) is 0 Å². The highest BCUT2D eigenvalue weighted by Crippen LogP contribution is 2.32. The van der Waals surface area contributed by atoms with E-state index in [2.05, 4.69) is 9.88 Å². The summed E-state index contributed by atoms with van der Waals surface area (Å²) in [7, 11) is 0. The van der Waals surface area contributed by atoms with Gasteiger partial charge in [-0.25, -0.2) is 9.18 Å². The number of hydrogen-bond donors (Lipinski definition) is 1. The monoisotopic (exact) mass is 434 g/mol. The summed E-state index contributed by atoms with van der Waals surface area (Å²) in [5.74, 6) is -0.503. The van der Waals surface area contributed by atoms with Crippen LogP contribution < -0.4 is 5.32 Å². The molecular weight excluding hydrogens is 407 g/mol. The molecule has 0 spiro atoms. The van der Waals surface area contributed by atoms with Gasteiger partial charge < -0.3 is 19.7 Å². The number of aromatic nitrogens is 1. The van der Waals surface area contributed by atoms with E-state index < -0.39 is 6.04 Å². The van der Waals surface area contributed by atoms with Crippen LogP contribution in [-0.2, 0) is 11.3 Å². The van der Waals surface area contributed by atoms with Gasteiger partial charge >= 0.3 is 6.03 Å². The third-order valence-electron chi connectivity index (χ3n) is 5.65. The van der Waals surface area contributed by atoms with E-state index in [0.29, 0.717) is 30.9 Å². The molecule has 4 rings (SSSR count). The average Bonchev–Trinajstić information content (AvgIpc) is 3.27. The van der Waals surface area contributed by atoms with Crippen molar-refractivity contribution in [3.63, 3.8) is 0 Å². The number of amides is 3. The van der Waals surface area contributed by atoms with Crippen molar-refractivity contribution in [2.75, 3.05) is 25.0 Å². The summed E-state index contributed by atoms with van der Waals surface area (Å²) in [6.45, 7) is 3.53. The number of halogens is 1. The second kappa shape index (κ2) is 9.68. The number of carbonyl (C=O) groups is 2. The molecule has 1 aliphatic rings. The van der Waals surface area contributed by atoms with Crippen molar-refractivity contribution in [1.82, 2.24) is 14.4 Å². The van der Waals surface area contributed by atoms with Crippen molar-refractivity contribution in [2.24, 2.45) is 0 Å². The Balaban J connectivity index is 1.56. The Morgan fingerprint density at radius 3 is 2.62 bits per heavy atom. The number of benzene rings is 2. The van der Waals surface area contributed by atoms with Gasteiger partial charge in [-0.05, 0) is 48.4 Å². The molecule has 3 amide bonds. The molecule has 0 radical (unpaired) electrons. The number of anilines is 1. The maximum absolute atomic E-state index is 14.0. The predicted octanol–water partition coefficient (Wildman–Crippen LogP) is 4.50. The number of rotatable bonds is 6. The first-order valence-corrected chi connectivity index (χ1v) is 10.9. The highest BCUT2D eigenvalue weighted by Gasteiger charge is 2.33. The predicted molar refractivity (Wildman–Crippen MR) is 122 cm³/mol. The highest BCUT2D eigenvalue weighted by atomic mass is 19.1. The molecule has 1 N–H and O–H groups in total. The summed E-state index contributed by atoms with van der Waals surface area (Å²) < 4.78 is 16.1. The first kappa shape index (κ1) is 21.6. The number of para-hydroxylation sites is 1. The average molecular weight is 435 g/mol. The summed E-state index contributed by atoms with van der Waals surface area (Å²) in [5.41, 5.74) is 2.33. The largest absolute Gasteiger partial charge is 0.348 e. The van der Waals surface area contributed by atoms with Gasteiger partial charge in [0.2, 0.25) is 5.91 Å². The van der Waals surface area contributed by atoms with Crippen molar-refractivity contribution in [3.8, 4) is 0 Å². The minimum atomic E-state index is -0.400. The number of nitrogens with zero attached hydrogens (tertiary/aromatic N) is 3. The van der Waals surface area contributed by atoms with Crippen molar-refractivity contribution in [2.45, 2.75) is 25.9 Å². The first-order valence-electron chi connectivity index (χ1n) is 10.9. The molecule has 6 nitrogen and oxygen atoms in total. The molecule has 0 saturated heterocycles. The van der Waals surface area contributed by atoms with Gasteiger partial charge in [0.15, 0.2) is 0 Å². The van der Waals surface area contributed by atoms with Gasteiger partial charge in [-0.3, -0.25) is 4.79 Å². The minimum Gasteiger partial charge on any atom is -0.348 e. The second-order valence-corrected chi connectivity index (χ2v) is 7.89. The molecule has 0 aliphatic carbocycles. The van der Waals surface area contributed by atoms with Crippen LogP contribution in [0, 0.1) is 5.82 Å². The lowest BCUT2D eigenvalue weighted by Gasteiger charge is -2.38. The number of nitrogens with one attached hydrogen (secondary N) is 1. The fourth-order valence-electron chi connectivity index (χ4n) is 4.18. The molecule has 7 heteroatoms. The Bertz CT molecular complexity index is 1080. The maximum atomic E-state index is 14.0. The topological polar surface area (TPSA) is 57.6 Å². The Morgan fingerprint density at radius 2 is 1.88 bits per heavy atom. The highest BCUT2D eigenvalue weighted by molar-refractivity contribution is 5.92. The van der Waals surface area contributed by atoms with Crippen LogP contribution in [0.1, 0.15) is 30.6 Å². The Morgan fingerprint density at radius 1 is 1.06 bits per heavy atom. The molecule has 2 heterocycles. The van der Waals surface area contributed by atoms with Gasteiger partial charge in [0.25, 0.3) is 0 Å². The number of carbonyl (C=O) groups excluding carboxylic acids is 2. The quantitative estimate of drug-likeness (QED) is 0.621. The first-order chi connectivity index (χ1) is 15.6. The van der Waals surface area contributed by atoms with Gasteiger partial charge in [0, 0.05) is 37.2 Å². The zero-order valence-electron chi connectivity index (χ0n) is 18.1. The molecule has 1 unspecified atom stereocenters. The van der Waals surface area contributed by atoms with E-state index in [1.54, 1.807) is 11.0 Å². The van der Waals surface area contributed by atoms with Gasteiger partial charge in [-0.1, -0.05) is 37.3 Å². The van der Waals surface area contributed by atoms with Gasteiger partial charge in [-0.2, -0.15) is 0 Å². The van der Waals surface area contributed by atoms with Crippen molar-refractivity contribution in [3.05, 3.63) is 90.0 Å². The lowest BCUT2D eigenvalue weighted by atomic mass is 9.99. The molecule has 1 aliphatic heterocycles. The van der Waals surface area contributed by atoms with Crippen LogP contribution in [0.4, 0.5) is 14.9 Å². The number of fused-ring (bicyclic) bond motifs is 1. The normalized spacial score (nSPS) is 15.2. The van der Waals surface area contributed by atoms with Crippen LogP contribution >= 0.6 is 0 Å². The molecular formula is C25H27FN4O2. The van der Waals surface area contributed by atoms with Crippen LogP contribution in [-0.4, -0.2) is 45.9 Å². The van der Waals surface area contributed by atoms with Gasteiger partial charge in [-0.15, -0.1) is 0 Å². The van der Waals surface area contributed by atoms with E-state index in [-0.39, 0.29) is 24.3 Å². The fourth-order valence-corrected chi connectivity index (χ4v) is 4.18. The Labute approximate surface area is 187 Å². The van der Waals surface area contributed by atoms with E-state index in [9.17, 15) is 14.0 Å². The third kappa shape index (κ3) is 4.66. The van der Waals surface area contributed by atoms with Crippen LogP contribution in [0.15, 0.2) is 72.9 Å². The molecule has 2 aromatic carbocycles. The molecule has 166 valence electrons. The summed E-state index contributed by atoms with van der Waals surface area (Å²) >= 11 is 0. The second-order valence-electron chi connectivity index (χ2n) is 7.89. The Hall–Kier alpha value is -3.61. The van der Waals surface area contributed by atoms with E-state index >= 15 is 0 Å². The summed E-state index contributed by atoms with van der Waals surface area (Å²) in [5, 5.41) is 2.86. The smallest absolute Gasteiger partial charge is 0.322 e. The summed E-state index contributed by atoms with van der Waals surface area (Å²) in [6.07, 6.45) is 2.70. The lowest BCUT2D eigenvalue weighted by Crippen LogP contribution is -2.48. The van der Waals surface area contributed by atoms with Crippen LogP contribution in [0.3, 0.4) is 0 Å². The fraction of sp³-hybridized carbons (Fsp3) is 0.280. The van der Waals surface area contributed by atoms with E-state index in [0.717, 1.165) is 12.1 Å². The van der Waals surface area contributed by atoms with Gasteiger partial charge in [0.1, 0.15) is 12.4 Å². The van der Waals surface area contributed by atoms with E-state index in [1.807, 2.05) is 61.7 Å². The van der Waals surface area contributed by atoms with E-state index in [4.69, 9.17) is 0 Å². The molecule has 1 aromatic heterocycles. The molecule has 0 fully saturated rings. The molecule has 0 saturated carbocycles. The summed E-state index contributed by atoms with van der Waals surface area (Å²) in [4.78, 5) is 29.6. The molecule has 0 bridgehead atoms. The SMILES string of the molecule is CCCN(CC(=O)N1CCn2cccc2C1c1cccc(F)c1)C(=O)Nc1ccccc1.